The van der Waals surface area contributed by atoms with E-state index in [1.165, 1.54) is 35.8 Å². The minimum Gasteiger partial charge on any atom is -0.366 e. The molecule has 0 radical (unpaired) electrons. The number of aromatic nitrogens is 3. The van der Waals surface area contributed by atoms with E-state index >= 15 is 0 Å². The average Bonchev–Trinajstić information content (AvgIpc) is 3.47. The topological polar surface area (TPSA) is 114 Å². The first-order valence-electron chi connectivity index (χ1n) is 11.1. The van der Waals surface area contributed by atoms with Crippen LogP contribution in [0.15, 0.2) is 48.0 Å². The summed E-state index contributed by atoms with van der Waals surface area (Å²) in [7, 11) is 0. The van der Waals surface area contributed by atoms with E-state index < -0.39 is 18.1 Å². The minimum absolute atomic E-state index is 0.00269. The van der Waals surface area contributed by atoms with E-state index in [-0.39, 0.29) is 41.3 Å². The van der Waals surface area contributed by atoms with Crippen LogP contribution in [0.4, 0.5) is 23.5 Å². The molecule has 4 rings (SSSR count). The van der Waals surface area contributed by atoms with E-state index in [0.29, 0.717) is 16.0 Å². The first-order valence-corrected chi connectivity index (χ1v) is 12.0. The van der Waals surface area contributed by atoms with Gasteiger partial charge in [0.15, 0.2) is 5.65 Å². The number of benzene rings is 1. The lowest BCUT2D eigenvalue weighted by Gasteiger charge is -2.20. The van der Waals surface area contributed by atoms with Gasteiger partial charge >= 0.3 is 6.18 Å². The Hall–Kier alpha value is -4.00. The number of rotatable bonds is 7. The average molecular weight is 535 g/mol. The van der Waals surface area contributed by atoms with Crippen molar-refractivity contribution >= 4 is 34.7 Å². The molecule has 0 aliphatic heterocycles. The number of carbonyl (C=O) groups is 2. The fraction of sp³-hybridized carbons (Fsp3) is 0.250. The van der Waals surface area contributed by atoms with E-state index in [4.69, 9.17) is 5.73 Å². The van der Waals surface area contributed by atoms with Crippen molar-refractivity contribution in [2.75, 3.05) is 5.73 Å². The highest BCUT2D eigenvalue weighted by Gasteiger charge is 2.39. The molecule has 2 atom stereocenters. The summed E-state index contributed by atoms with van der Waals surface area (Å²) in [5.74, 6) is -1.89. The molecule has 0 unspecified atom stereocenters. The molecule has 0 bridgehead atoms. The van der Waals surface area contributed by atoms with Crippen molar-refractivity contribution in [3.63, 3.8) is 0 Å². The summed E-state index contributed by atoms with van der Waals surface area (Å²) in [6, 6.07) is 6.31. The van der Waals surface area contributed by atoms with Gasteiger partial charge in [-0.05, 0) is 54.1 Å². The third kappa shape index (κ3) is 5.71. The molecule has 4 N–H and O–H groups in total. The Balaban J connectivity index is 1.61. The second kappa shape index (κ2) is 10.2. The normalized spacial score (nSPS) is 13.4. The maximum Gasteiger partial charge on any atom is 0.408 e. The summed E-state index contributed by atoms with van der Waals surface area (Å²) in [4.78, 5) is 30.0. The number of hydrogen-bond acceptors (Lipinski definition) is 6. The van der Waals surface area contributed by atoms with Gasteiger partial charge in [-0.1, -0.05) is 19.1 Å². The highest BCUT2D eigenvalue weighted by atomic mass is 32.1. The molecule has 1 aromatic carbocycles. The zero-order valence-corrected chi connectivity index (χ0v) is 20.5. The SMILES string of the molecule is CC[C@@H](NC(=O)c1cc(-c2csc(C(=O)N[C@@H](C)c3ccc(F)cc3)c2)cn2nc(N)nc12)C(F)(F)F. The Labute approximate surface area is 212 Å². The number of fused-ring (bicyclic) bond motifs is 1. The number of anilines is 1. The molecule has 3 aromatic heterocycles. The van der Waals surface area contributed by atoms with Crippen molar-refractivity contribution in [2.24, 2.45) is 0 Å². The lowest BCUT2D eigenvalue weighted by molar-refractivity contribution is -0.153. The lowest BCUT2D eigenvalue weighted by Crippen LogP contribution is -2.45. The Bertz CT molecular complexity index is 1450. The molecule has 0 aliphatic carbocycles. The first-order chi connectivity index (χ1) is 17.5. The Morgan fingerprint density at radius 2 is 1.81 bits per heavy atom. The van der Waals surface area contributed by atoms with Crippen LogP contribution in [0.25, 0.3) is 16.8 Å². The molecule has 37 heavy (non-hydrogen) atoms. The summed E-state index contributed by atoms with van der Waals surface area (Å²) >= 11 is 1.14. The largest absolute Gasteiger partial charge is 0.408 e. The van der Waals surface area contributed by atoms with Crippen LogP contribution in [0.2, 0.25) is 0 Å². The molecular weight excluding hydrogens is 512 g/mol. The van der Waals surface area contributed by atoms with Crippen LogP contribution in [0.3, 0.4) is 0 Å². The second-order valence-corrected chi connectivity index (χ2v) is 9.21. The number of nitrogens with two attached hydrogens (primary N) is 1. The maximum absolute atomic E-state index is 13.2. The van der Waals surface area contributed by atoms with Crippen molar-refractivity contribution in [2.45, 2.75) is 38.5 Å². The van der Waals surface area contributed by atoms with Crippen molar-refractivity contribution in [1.82, 2.24) is 25.2 Å². The van der Waals surface area contributed by atoms with Gasteiger partial charge in [0.25, 0.3) is 11.8 Å². The fourth-order valence-corrected chi connectivity index (χ4v) is 4.51. The maximum atomic E-state index is 13.2. The molecular formula is C24H22F4N6O2S. The molecule has 2 amide bonds. The molecule has 4 aromatic rings. The van der Waals surface area contributed by atoms with Gasteiger partial charge in [-0.3, -0.25) is 9.59 Å². The Kier molecular flexibility index (Phi) is 7.16. The third-order valence-electron chi connectivity index (χ3n) is 5.68. The molecule has 13 heteroatoms. The molecule has 3 heterocycles. The van der Waals surface area contributed by atoms with Gasteiger partial charge in [0, 0.05) is 11.8 Å². The number of carbonyl (C=O) groups excluding carboxylic acids is 2. The molecule has 0 saturated heterocycles. The monoisotopic (exact) mass is 534 g/mol. The first kappa shape index (κ1) is 26.1. The number of nitrogens with one attached hydrogen (secondary N) is 2. The summed E-state index contributed by atoms with van der Waals surface area (Å²) in [6.45, 7) is 3.08. The van der Waals surface area contributed by atoms with Gasteiger partial charge in [0.1, 0.15) is 11.9 Å². The third-order valence-corrected chi connectivity index (χ3v) is 6.61. The van der Waals surface area contributed by atoms with E-state index in [9.17, 15) is 27.2 Å². The molecule has 0 spiro atoms. The standard InChI is InChI=1S/C24H22F4N6O2S/c1-3-19(24(26,27)28)31-21(35)17-8-14(10-34-20(17)32-23(29)33-34)15-9-18(37-11-15)22(36)30-12(2)13-4-6-16(25)7-5-13/h4-12,19H,3H2,1-2H3,(H2,29,33)(H,30,36)(H,31,35)/t12-,19+/m0/s1. The Morgan fingerprint density at radius 1 is 1.11 bits per heavy atom. The zero-order valence-electron chi connectivity index (χ0n) is 19.6. The van der Waals surface area contributed by atoms with Gasteiger partial charge in [-0.15, -0.1) is 16.4 Å². The molecule has 0 saturated carbocycles. The zero-order chi connectivity index (χ0) is 26.9. The van der Waals surface area contributed by atoms with Gasteiger partial charge < -0.3 is 16.4 Å². The molecule has 0 aliphatic rings. The number of pyridine rings is 1. The van der Waals surface area contributed by atoms with Crippen molar-refractivity contribution in [1.29, 1.82) is 0 Å². The van der Waals surface area contributed by atoms with E-state index in [0.717, 1.165) is 16.9 Å². The van der Waals surface area contributed by atoms with Crippen molar-refractivity contribution in [3.8, 4) is 11.1 Å². The van der Waals surface area contributed by atoms with Crippen LogP contribution >= 0.6 is 11.3 Å². The van der Waals surface area contributed by atoms with Crippen LogP contribution in [0.5, 0.6) is 0 Å². The quantitative estimate of drug-likeness (QED) is 0.297. The molecule has 0 fully saturated rings. The number of nitrogen functional groups attached to an aromatic ring is 1. The minimum atomic E-state index is -4.62. The number of amides is 2. The predicted octanol–water partition coefficient (Wildman–Crippen LogP) is 4.74. The van der Waals surface area contributed by atoms with Gasteiger partial charge in [-0.25, -0.2) is 8.91 Å². The van der Waals surface area contributed by atoms with Gasteiger partial charge in [0.05, 0.1) is 16.5 Å². The number of hydrogen-bond donors (Lipinski definition) is 3. The predicted molar refractivity (Wildman–Crippen MR) is 131 cm³/mol. The number of halogens is 4. The van der Waals surface area contributed by atoms with E-state index in [1.54, 1.807) is 30.5 Å². The number of thiophene rings is 1. The van der Waals surface area contributed by atoms with Gasteiger partial charge in [0.2, 0.25) is 5.95 Å². The highest BCUT2D eigenvalue weighted by molar-refractivity contribution is 7.12. The van der Waals surface area contributed by atoms with E-state index in [2.05, 4.69) is 15.4 Å². The van der Waals surface area contributed by atoms with Crippen LogP contribution in [-0.2, 0) is 0 Å². The van der Waals surface area contributed by atoms with E-state index in [1.807, 2.05) is 5.32 Å². The number of nitrogens with zero attached hydrogens (tertiary/aromatic N) is 3. The fourth-order valence-electron chi connectivity index (χ4n) is 3.69. The summed E-state index contributed by atoms with van der Waals surface area (Å²) in [6.07, 6.45) is -3.45. The van der Waals surface area contributed by atoms with Crippen LogP contribution in [-0.4, -0.2) is 38.6 Å². The summed E-state index contributed by atoms with van der Waals surface area (Å²) < 4.78 is 54.1. The summed E-state index contributed by atoms with van der Waals surface area (Å²) in [5.41, 5.74) is 7.20. The number of alkyl halides is 3. The summed E-state index contributed by atoms with van der Waals surface area (Å²) in [5, 5.41) is 10.5. The molecule has 194 valence electrons. The molecule has 8 nitrogen and oxygen atoms in total. The van der Waals surface area contributed by atoms with Crippen molar-refractivity contribution < 1.29 is 27.2 Å². The smallest absolute Gasteiger partial charge is 0.366 e. The van der Waals surface area contributed by atoms with Gasteiger partial charge in [-0.2, -0.15) is 18.2 Å². The van der Waals surface area contributed by atoms with Crippen molar-refractivity contribution in [3.05, 3.63) is 69.8 Å². The highest BCUT2D eigenvalue weighted by Crippen LogP contribution is 2.29. The lowest BCUT2D eigenvalue weighted by atomic mass is 10.1. The van der Waals surface area contributed by atoms with Crippen LogP contribution in [0, 0.1) is 5.82 Å². The second-order valence-electron chi connectivity index (χ2n) is 8.30. The van der Waals surface area contributed by atoms with Crippen LogP contribution in [0.1, 0.15) is 51.9 Å². The Morgan fingerprint density at radius 3 is 2.46 bits per heavy atom. The van der Waals surface area contributed by atoms with Crippen LogP contribution < -0.4 is 16.4 Å².